The first-order valence-corrected chi connectivity index (χ1v) is 8.34. The largest absolute Gasteiger partial charge is 0.383 e. The molecule has 0 radical (unpaired) electrons. The number of rotatable bonds is 6. The Bertz CT molecular complexity index is 442. The summed E-state index contributed by atoms with van der Waals surface area (Å²) in [4.78, 5) is 2.41. The zero-order valence-corrected chi connectivity index (χ0v) is 14.5. The quantitative estimate of drug-likeness (QED) is 0.794. The highest BCUT2D eigenvalue weighted by Gasteiger charge is 2.16. The molecule has 1 N–H and O–H groups in total. The van der Waals surface area contributed by atoms with Gasteiger partial charge in [-0.15, -0.1) is 0 Å². The molecule has 0 saturated carbocycles. The summed E-state index contributed by atoms with van der Waals surface area (Å²) >= 11 is 3.69. The Morgan fingerprint density at radius 1 is 1.48 bits per heavy atom. The summed E-state index contributed by atoms with van der Waals surface area (Å²) in [5.74, 6) is 0. The van der Waals surface area contributed by atoms with Gasteiger partial charge in [0.25, 0.3) is 0 Å². The maximum Gasteiger partial charge on any atom is 0.0721 e. The third kappa shape index (κ3) is 5.25. The molecular weight excluding hydrogens is 332 g/mol. The lowest BCUT2D eigenvalue weighted by Crippen LogP contribution is -2.30. The fourth-order valence-corrected chi connectivity index (χ4v) is 3.01. The fourth-order valence-electron chi connectivity index (χ4n) is 2.50. The summed E-state index contributed by atoms with van der Waals surface area (Å²) in [6.07, 6.45) is 1.38. The summed E-state index contributed by atoms with van der Waals surface area (Å²) in [5, 5.41) is 3.37. The van der Waals surface area contributed by atoms with E-state index in [0.717, 1.165) is 50.3 Å². The van der Waals surface area contributed by atoms with E-state index >= 15 is 0 Å². The fraction of sp³-hybridized carbons (Fsp3) is 0.625. The van der Waals surface area contributed by atoms with Crippen LogP contribution < -0.4 is 10.2 Å². The molecule has 1 aliphatic rings. The van der Waals surface area contributed by atoms with Crippen LogP contribution in [0, 0.1) is 0 Å². The van der Waals surface area contributed by atoms with Crippen molar-refractivity contribution in [2.75, 3.05) is 44.9 Å². The van der Waals surface area contributed by atoms with Gasteiger partial charge in [-0.2, -0.15) is 0 Å². The maximum atomic E-state index is 5.71. The molecule has 1 unspecified atom stereocenters. The summed E-state index contributed by atoms with van der Waals surface area (Å²) in [6, 6.07) is 6.61. The van der Waals surface area contributed by atoms with Gasteiger partial charge >= 0.3 is 0 Å². The van der Waals surface area contributed by atoms with E-state index in [2.05, 4.69) is 51.3 Å². The minimum atomic E-state index is 0.293. The number of nitrogens with zero attached hydrogens (tertiary/aromatic N) is 1. The predicted octanol–water partition coefficient (Wildman–Crippen LogP) is 2.80. The number of hydrogen-bond donors (Lipinski definition) is 1. The van der Waals surface area contributed by atoms with Crippen LogP contribution in [0.5, 0.6) is 0 Å². The van der Waals surface area contributed by atoms with Gasteiger partial charge in [-0.1, -0.05) is 22.0 Å². The minimum Gasteiger partial charge on any atom is -0.383 e. The molecule has 4 nitrogen and oxygen atoms in total. The third-order valence-corrected chi connectivity index (χ3v) is 4.39. The smallest absolute Gasteiger partial charge is 0.0721 e. The molecule has 0 bridgehead atoms. The molecule has 0 spiro atoms. The topological polar surface area (TPSA) is 33.7 Å². The molecule has 1 fully saturated rings. The van der Waals surface area contributed by atoms with Crippen molar-refractivity contribution in [1.29, 1.82) is 0 Å². The molecule has 1 aromatic rings. The van der Waals surface area contributed by atoms with Gasteiger partial charge in [0.1, 0.15) is 0 Å². The highest BCUT2D eigenvalue weighted by molar-refractivity contribution is 9.10. The third-order valence-electron chi connectivity index (χ3n) is 3.65. The lowest BCUT2D eigenvalue weighted by Gasteiger charge is -2.25. The molecule has 5 heteroatoms. The molecule has 2 rings (SSSR count). The number of ether oxygens (including phenoxy) is 2. The number of halogens is 1. The van der Waals surface area contributed by atoms with Crippen LogP contribution in [0.15, 0.2) is 22.7 Å². The number of methoxy groups -OCH3 is 1. The first-order chi connectivity index (χ1) is 10.2. The zero-order valence-electron chi connectivity index (χ0n) is 12.9. The summed E-state index contributed by atoms with van der Waals surface area (Å²) in [7, 11) is 1.72. The second-order valence-corrected chi connectivity index (χ2v) is 6.28. The molecule has 1 aliphatic heterocycles. The number of benzene rings is 1. The normalized spacial score (nSPS) is 19.6. The van der Waals surface area contributed by atoms with Crippen molar-refractivity contribution >= 4 is 21.6 Å². The lowest BCUT2D eigenvalue weighted by molar-refractivity contribution is 0.0821. The second-order valence-electron chi connectivity index (χ2n) is 5.43. The monoisotopic (exact) mass is 356 g/mol. The van der Waals surface area contributed by atoms with E-state index in [1.807, 2.05) is 0 Å². The van der Waals surface area contributed by atoms with E-state index in [9.17, 15) is 0 Å². The Morgan fingerprint density at radius 2 is 2.33 bits per heavy atom. The molecule has 21 heavy (non-hydrogen) atoms. The van der Waals surface area contributed by atoms with Crippen molar-refractivity contribution in [3.63, 3.8) is 0 Å². The Labute approximate surface area is 135 Å². The van der Waals surface area contributed by atoms with Crippen LogP contribution in [0.4, 0.5) is 5.69 Å². The van der Waals surface area contributed by atoms with Crippen molar-refractivity contribution in [2.24, 2.45) is 0 Å². The summed E-state index contributed by atoms with van der Waals surface area (Å²) in [6.45, 7) is 7.47. The van der Waals surface area contributed by atoms with Gasteiger partial charge in [-0.25, -0.2) is 0 Å². The Balaban J connectivity index is 1.97. The summed E-state index contributed by atoms with van der Waals surface area (Å²) < 4.78 is 11.9. The van der Waals surface area contributed by atoms with Crippen molar-refractivity contribution in [2.45, 2.75) is 26.0 Å². The molecule has 0 amide bonds. The van der Waals surface area contributed by atoms with Gasteiger partial charge in [0.2, 0.25) is 0 Å². The average Bonchev–Trinajstić information content (AvgIpc) is 2.69. The van der Waals surface area contributed by atoms with E-state index in [1.165, 1.54) is 11.3 Å². The Hall–Kier alpha value is -0.620. The van der Waals surface area contributed by atoms with Crippen LogP contribution in [0.1, 0.15) is 18.9 Å². The SMILES string of the molecule is COCCNCc1ccc(N2CCCOC(C)C2)cc1Br. The summed E-state index contributed by atoms with van der Waals surface area (Å²) in [5.41, 5.74) is 2.54. The van der Waals surface area contributed by atoms with Crippen molar-refractivity contribution in [3.05, 3.63) is 28.2 Å². The van der Waals surface area contributed by atoms with Gasteiger partial charge < -0.3 is 19.7 Å². The van der Waals surface area contributed by atoms with E-state index in [1.54, 1.807) is 7.11 Å². The van der Waals surface area contributed by atoms with Gasteiger partial charge in [0.05, 0.1) is 12.7 Å². The standard InChI is InChI=1S/C16H25BrN2O2/c1-13-12-19(7-3-8-21-13)15-5-4-14(16(17)10-15)11-18-6-9-20-2/h4-5,10,13,18H,3,6-9,11-12H2,1-2H3. The minimum absolute atomic E-state index is 0.293. The zero-order chi connectivity index (χ0) is 15.1. The average molecular weight is 357 g/mol. The predicted molar refractivity (Wildman–Crippen MR) is 90.0 cm³/mol. The second kappa shape index (κ2) is 8.73. The molecule has 1 saturated heterocycles. The van der Waals surface area contributed by atoms with Crippen LogP contribution in [0.3, 0.4) is 0 Å². The van der Waals surface area contributed by atoms with Gasteiger partial charge in [-0.05, 0) is 31.0 Å². The van der Waals surface area contributed by atoms with Crippen LogP contribution in [-0.2, 0) is 16.0 Å². The van der Waals surface area contributed by atoms with E-state index in [-0.39, 0.29) is 0 Å². The lowest BCUT2D eigenvalue weighted by atomic mass is 10.2. The Kier molecular flexibility index (Phi) is 6.96. The van der Waals surface area contributed by atoms with E-state index in [0.29, 0.717) is 6.10 Å². The highest BCUT2D eigenvalue weighted by Crippen LogP contribution is 2.25. The Morgan fingerprint density at radius 3 is 3.10 bits per heavy atom. The van der Waals surface area contributed by atoms with E-state index in [4.69, 9.17) is 9.47 Å². The van der Waals surface area contributed by atoms with Gasteiger partial charge in [-0.3, -0.25) is 0 Å². The molecule has 1 aromatic carbocycles. The van der Waals surface area contributed by atoms with Crippen molar-refractivity contribution < 1.29 is 9.47 Å². The number of hydrogen-bond acceptors (Lipinski definition) is 4. The van der Waals surface area contributed by atoms with Crippen molar-refractivity contribution in [3.8, 4) is 0 Å². The van der Waals surface area contributed by atoms with Crippen LogP contribution >= 0.6 is 15.9 Å². The molecule has 118 valence electrons. The van der Waals surface area contributed by atoms with Crippen LogP contribution in [0.25, 0.3) is 0 Å². The maximum absolute atomic E-state index is 5.71. The van der Waals surface area contributed by atoms with Crippen LogP contribution in [-0.4, -0.2) is 46.1 Å². The van der Waals surface area contributed by atoms with Crippen LogP contribution in [0.2, 0.25) is 0 Å². The number of nitrogens with one attached hydrogen (secondary N) is 1. The molecule has 1 atom stereocenters. The molecular formula is C16H25BrN2O2. The first kappa shape index (κ1) is 16.7. The van der Waals surface area contributed by atoms with Gasteiger partial charge in [0.15, 0.2) is 0 Å². The van der Waals surface area contributed by atoms with Gasteiger partial charge in [0, 0.05) is 50.1 Å². The van der Waals surface area contributed by atoms with E-state index < -0.39 is 0 Å². The highest BCUT2D eigenvalue weighted by atomic mass is 79.9. The molecule has 0 aromatic heterocycles. The first-order valence-electron chi connectivity index (χ1n) is 7.55. The van der Waals surface area contributed by atoms with Crippen molar-refractivity contribution in [1.82, 2.24) is 5.32 Å². The number of anilines is 1. The molecule has 1 heterocycles. The molecule has 0 aliphatic carbocycles.